The van der Waals surface area contributed by atoms with E-state index in [0.29, 0.717) is 43.9 Å². The maximum Gasteiger partial charge on any atom is 0.188 e. The molecule has 1 aliphatic heterocycles. The van der Waals surface area contributed by atoms with Crippen molar-refractivity contribution in [3.8, 4) is 5.75 Å². The second-order valence-corrected chi connectivity index (χ2v) is 6.00. The summed E-state index contributed by atoms with van der Waals surface area (Å²) in [6.07, 6.45) is 1.76. The van der Waals surface area contributed by atoms with Crippen LogP contribution in [0.25, 0.3) is 0 Å². The zero-order valence-electron chi connectivity index (χ0n) is 13.9. The summed E-state index contributed by atoms with van der Waals surface area (Å²) in [5.74, 6) is 0.681. The Morgan fingerprint density at radius 2 is 1.88 bits per heavy atom. The first-order chi connectivity index (χ1) is 11.7. The fraction of sp³-hybridized carbons (Fsp3) is 0.421. The standard InChI is InChI=1S/C19H23NO4/c1-22-14-24-17-7-8-18(19(21)9-11-23-12-10-19)20-16(17)13-15-5-3-2-4-6-15/h2-8,21H,9-14H2,1H3. The Labute approximate surface area is 142 Å². The smallest absolute Gasteiger partial charge is 0.188 e. The molecular weight excluding hydrogens is 306 g/mol. The molecule has 0 saturated carbocycles. The normalized spacial score (nSPS) is 16.8. The van der Waals surface area contributed by atoms with Crippen LogP contribution in [0.5, 0.6) is 5.75 Å². The SMILES string of the molecule is COCOc1ccc(C2(O)CCOCC2)nc1Cc1ccccc1. The van der Waals surface area contributed by atoms with E-state index >= 15 is 0 Å². The van der Waals surface area contributed by atoms with E-state index in [9.17, 15) is 5.11 Å². The van der Waals surface area contributed by atoms with E-state index in [1.54, 1.807) is 7.11 Å². The molecule has 1 aromatic carbocycles. The number of aliphatic hydroxyl groups is 1. The summed E-state index contributed by atoms with van der Waals surface area (Å²) in [6.45, 7) is 1.27. The molecular formula is C19H23NO4. The first-order valence-electron chi connectivity index (χ1n) is 8.17. The van der Waals surface area contributed by atoms with Crippen molar-refractivity contribution in [1.82, 2.24) is 4.98 Å². The lowest BCUT2D eigenvalue weighted by Crippen LogP contribution is -2.34. The van der Waals surface area contributed by atoms with Gasteiger partial charge in [0.2, 0.25) is 0 Å². The predicted octanol–water partition coefficient (Wildman–Crippen LogP) is 2.65. The molecule has 3 rings (SSSR count). The van der Waals surface area contributed by atoms with Gasteiger partial charge >= 0.3 is 0 Å². The van der Waals surface area contributed by atoms with Crippen LogP contribution in [-0.2, 0) is 21.5 Å². The quantitative estimate of drug-likeness (QED) is 0.826. The molecule has 5 heteroatoms. The van der Waals surface area contributed by atoms with Gasteiger partial charge in [-0.05, 0) is 17.7 Å². The molecule has 5 nitrogen and oxygen atoms in total. The maximum absolute atomic E-state index is 10.9. The number of aromatic nitrogens is 1. The fourth-order valence-electron chi connectivity index (χ4n) is 2.88. The fourth-order valence-corrected chi connectivity index (χ4v) is 2.88. The van der Waals surface area contributed by atoms with Crippen molar-refractivity contribution in [2.45, 2.75) is 24.9 Å². The molecule has 128 valence electrons. The number of pyridine rings is 1. The topological polar surface area (TPSA) is 60.8 Å². The molecule has 0 radical (unpaired) electrons. The third kappa shape index (κ3) is 3.93. The van der Waals surface area contributed by atoms with E-state index in [0.717, 1.165) is 11.3 Å². The summed E-state index contributed by atoms with van der Waals surface area (Å²) in [6, 6.07) is 13.8. The molecule has 0 spiro atoms. The second kappa shape index (κ2) is 7.75. The summed E-state index contributed by atoms with van der Waals surface area (Å²) >= 11 is 0. The zero-order chi connectivity index (χ0) is 16.8. The minimum atomic E-state index is -0.927. The number of methoxy groups -OCH3 is 1. The Morgan fingerprint density at radius 3 is 2.58 bits per heavy atom. The second-order valence-electron chi connectivity index (χ2n) is 6.00. The summed E-state index contributed by atoms with van der Waals surface area (Å²) in [7, 11) is 1.59. The molecule has 0 aliphatic carbocycles. The van der Waals surface area contributed by atoms with Gasteiger partial charge in [0.15, 0.2) is 6.79 Å². The van der Waals surface area contributed by atoms with Crippen LogP contribution in [0.3, 0.4) is 0 Å². The van der Waals surface area contributed by atoms with Gasteiger partial charge in [0.25, 0.3) is 0 Å². The molecule has 1 saturated heterocycles. The monoisotopic (exact) mass is 329 g/mol. The number of benzene rings is 1. The van der Waals surface area contributed by atoms with Crippen molar-refractivity contribution in [3.05, 3.63) is 59.4 Å². The largest absolute Gasteiger partial charge is 0.466 e. The van der Waals surface area contributed by atoms with Crippen LogP contribution < -0.4 is 4.74 Å². The average Bonchev–Trinajstić information content (AvgIpc) is 2.62. The van der Waals surface area contributed by atoms with Gasteiger partial charge in [-0.3, -0.25) is 4.98 Å². The van der Waals surface area contributed by atoms with Crippen LogP contribution in [0.15, 0.2) is 42.5 Å². The number of ether oxygens (including phenoxy) is 3. The minimum Gasteiger partial charge on any atom is -0.466 e. The molecule has 1 N–H and O–H groups in total. The van der Waals surface area contributed by atoms with Gasteiger partial charge in [-0.15, -0.1) is 0 Å². The van der Waals surface area contributed by atoms with Crippen LogP contribution in [0, 0.1) is 0 Å². The molecule has 0 amide bonds. The van der Waals surface area contributed by atoms with Crippen molar-refractivity contribution in [1.29, 1.82) is 0 Å². The number of hydrogen-bond acceptors (Lipinski definition) is 5. The highest BCUT2D eigenvalue weighted by molar-refractivity contribution is 5.35. The maximum atomic E-state index is 10.9. The summed E-state index contributed by atoms with van der Waals surface area (Å²) in [5.41, 5.74) is 1.70. The van der Waals surface area contributed by atoms with Crippen molar-refractivity contribution in [3.63, 3.8) is 0 Å². The summed E-state index contributed by atoms with van der Waals surface area (Å²) in [5, 5.41) is 10.9. The molecule has 0 bridgehead atoms. The zero-order valence-corrected chi connectivity index (χ0v) is 13.9. The minimum absolute atomic E-state index is 0.168. The van der Waals surface area contributed by atoms with E-state index < -0.39 is 5.60 Å². The first kappa shape index (κ1) is 16.9. The number of rotatable bonds is 6. The van der Waals surface area contributed by atoms with Gasteiger partial charge in [-0.1, -0.05) is 30.3 Å². The van der Waals surface area contributed by atoms with Crippen LogP contribution in [-0.4, -0.2) is 37.2 Å². The Kier molecular flexibility index (Phi) is 5.45. The van der Waals surface area contributed by atoms with Crippen LogP contribution in [0.4, 0.5) is 0 Å². The van der Waals surface area contributed by atoms with Gasteiger partial charge in [0, 0.05) is 39.6 Å². The predicted molar refractivity (Wildman–Crippen MR) is 89.9 cm³/mol. The highest BCUT2D eigenvalue weighted by atomic mass is 16.7. The van der Waals surface area contributed by atoms with Crippen molar-refractivity contribution >= 4 is 0 Å². The Morgan fingerprint density at radius 1 is 1.12 bits per heavy atom. The molecule has 0 unspecified atom stereocenters. The van der Waals surface area contributed by atoms with Crippen LogP contribution >= 0.6 is 0 Å². The molecule has 1 aliphatic rings. The van der Waals surface area contributed by atoms with Crippen LogP contribution in [0.1, 0.15) is 29.8 Å². The molecule has 2 aromatic rings. The lowest BCUT2D eigenvalue weighted by molar-refractivity contribution is -0.0706. The highest BCUT2D eigenvalue weighted by Crippen LogP contribution is 2.33. The molecule has 2 heterocycles. The Balaban J connectivity index is 1.91. The van der Waals surface area contributed by atoms with Gasteiger partial charge in [0.05, 0.1) is 11.4 Å². The molecule has 1 aromatic heterocycles. The van der Waals surface area contributed by atoms with Gasteiger partial charge in [-0.2, -0.15) is 0 Å². The summed E-state index contributed by atoms with van der Waals surface area (Å²) in [4.78, 5) is 4.73. The van der Waals surface area contributed by atoms with E-state index in [2.05, 4.69) is 12.1 Å². The van der Waals surface area contributed by atoms with Gasteiger partial charge < -0.3 is 19.3 Å². The van der Waals surface area contributed by atoms with Crippen LogP contribution in [0.2, 0.25) is 0 Å². The molecule has 24 heavy (non-hydrogen) atoms. The average molecular weight is 329 g/mol. The van der Waals surface area contributed by atoms with Gasteiger partial charge in [0.1, 0.15) is 11.4 Å². The van der Waals surface area contributed by atoms with Gasteiger partial charge in [-0.25, -0.2) is 0 Å². The first-order valence-corrected chi connectivity index (χ1v) is 8.17. The van der Waals surface area contributed by atoms with Crippen molar-refractivity contribution in [2.75, 3.05) is 27.1 Å². The van der Waals surface area contributed by atoms with E-state index in [1.807, 2.05) is 30.3 Å². The third-order valence-corrected chi connectivity index (χ3v) is 4.28. The molecule has 0 atom stereocenters. The van der Waals surface area contributed by atoms with E-state index in [4.69, 9.17) is 19.2 Å². The third-order valence-electron chi connectivity index (χ3n) is 4.28. The number of nitrogens with zero attached hydrogens (tertiary/aromatic N) is 1. The lowest BCUT2D eigenvalue weighted by atomic mass is 9.90. The Bertz CT molecular complexity index is 654. The highest BCUT2D eigenvalue weighted by Gasteiger charge is 2.33. The molecule has 1 fully saturated rings. The Hall–Kier alpha value is -1.95. The van der Waals surface area contributed by atoms with Crippen molar-refractivity contribution < 1.29 is 19.3 Å². The lowest BCUT2D eigenvalue weighted by Gasteiger charge is -2.32. The number of hydrogen-bond donors (Lipinski definition) is 1. The van der Waals surface area contributed by atoms with E-state index in [-0.39, 0.29) is 6.79 Å². The van der Waals surface area contributed by atoms with E-state index in [1.165, 1.54) is 0 Å². The summed E-state index contributed by atoms with van der Waals surface area (Å²) < 4.78 is 16.0. The van der Waals surface area contributed by atoms with Crippen molar-refractivity contribution in [2.24, 2.45) is 0 Å².